The summed E-state index contributed by atoms with van der Waals surface area (Å²) in [5.41, 5.74) is 1.39. The Hall–Kier alpha value is -0.460. The van der Waals surface area contributed by atoms with Gasteiger partial charge in [0.25, 0.3) is 0 Å². The molecule has 90 valence electrons. The standard InChI is InChI=1S/C12H23N.C2H6/c1-4-13(5-2)11(3)12-9-7-6-8-10-12;1-2/h12H,3-10H2,1-2H3;1-2H3. The van der Waals surface area contributed by atoms with Gasteiger partial charge < -0.3 is 4.90 Å². The van der Waals surface area contributed by atoms with Gasteiger partial charge in [-0.25, -0.2) is 0 Å². The molecular formula is C14H29N. The molecule has 0 radical (unpaired) electrons. The molecule has 1 heteroatoms. The summed E-state index contributed by atoms with van der Waals surface area (Å²) >= 11 is 0. The predicted molar refractivity (Wildman–Crippen MR) is 70.0 cm³/mol. The second kappa shape index (κ2) is 8.82. The molecule has 0 aliphatic heterocycles. The molecule has 0 N–H and O–H groups in total. The average Bonchev–Trinajstić information content (AvgIpc) is 2.34. The topological polar surface area (TPSA) is 3.24 Å². The summed E-state index contributed by atoms with van der Waals surface area (Å²) in [6.07, 6.45) is 6.99. The number of rotatable bonds is 4. The zero-order chi connectivity index (χ0) is 11.7. The Bertz CT molecular complexity index is 153. The van der Waals surface area contributed by atoms with Crippen molar-refractivity contribution in [1.82, 2.24) is 4.90 Å². The van der Waals surface area contributed by atoms with Crippen molar-refractivity contribution in [3.8, 4) is 0 Å². The predicted octanol–water partition coefficient (Wildman–Crippen LogP) is 4.45. The first-order chi connectivity index (χ1) is 7.29. The maximum atomic E-state index is 4.25. The van der Waals surface area contributed by atoms with Crippen LogP contribution in [0.1, 0.15) is 59.8 Å². The largest absolute Gasteiger partial charge is 0.376 e. The van der Waals surface area contributed by atoms with E-state index in [-0.39, 0.29) is 0 Å². The molecule has 1 saturated carbocycles. The van der Waals surface area contributed by atoms with E-state index in [1.165, 1.54) is 37.8 Å². The van der Waals surface area contributed by atoms with Gasteiger partial charge in [-0.05, 0) is 32.6 Å². The van der Waals surface area contributed by atoms with Crippen LogP contribution in [0.4, 0.5) is 0 Å². The van der Waals surface area contributed by atoms with E-state index in [2.05, 4.69) is 25.3 Å². The average molecular weight is 211 g/mol. The summed E-state index contributed by atoms with van der Waals surface area (Å²) in [7, 11) is 0. The Labute approximate surface area is 96.6 Å². The third-order valence-corrected chi connectivity index (χ3v) is 3.25. The molecule has 0 saturated heterocycles. The zero-order valence-electron chi connectivity index (χ0n) is 11.2. The summed E-state index contributed by atoms with van der Waals surface area (Å²) in [5, 5.41) is 0. The highest BCUT2D eigenvalue weighted by Crippen LogP contribution is 2.30. The molecule has 1 aliphatic rings. The fourth-order valence-corrected chi connectivity index (χ4v) is 2.32. The molecular weight excluding hydrogens is 182 g/mol. The quantitative estimate of drug-likeness (QED) is 0.664. The van der Waals surface area contributed by atoms with Gasteiger partial charge in [0, 0.05) is 18.8 Å². The van der Waals surface area contributed by atoms with E-state index in [1.807, 2.05) is 13.8 Å². The highest BCUT2D eigenvalue weighted by Gasteiger charge is 2.18. The summed E-state index contributed by atoms with van der Waals surface area (Å²) in [6, 6.07) is 0. The van der Waals surface area contributed by atoms with Crippen molar-refractivity contribution >= 4 is 0 Å². The van der Waals surface area contributed by atoms with Crippen LogP contribution in [0.15, 0.2) is 12.3 Å². The minimum atomic E-state index is 0.786. The number of nitrogens with zero attached hydrogens (tertiary/aromatic N) is 1. The molecule has 0 atom stereocenters. The first kappa shape index (κ1) is 14.5. The monoisotopic (exact) mass is 211 g/mol. The van der Waals surface area contributed by atoms with Gasteiger partial charge in [-0.2, -0.15) is 0 Å². The Morgan fingerprint density at radius 2 is 1.53 bits per heavy atom. The van der Waals surface area contributed by atoms with E-state index < -0.39 is 0 Å². The van der Waals surface area contributed by atoms with E-state index >= 15 is 0 Å². The SMILES string of the molecule is C=C(C1CCCCC1)N(CC)CC.CC. The van der Waals surface area contributed by atoms with E-state index in [0.29, 0.717) is 0 Å². The lowest BCUT2D eigenvalue weighted by molar-refractivity contribution is 0.287. The Morgan fingerprint density at radius 1 is 1.07 bits per heavy atom. The molecule has 0 amide bonds. The fraction of sp³-hybridized carbons (Fsp3) is 0.857. The van der Waals surface area contributed by atoms with E-state index in [0.717, 1.165) is 19.0 Å². The molecule has 1 fully saturated rings. The van der Waals surface area contributed by atoms with E-state index in [1.54, 1.807) is 0 Å². The first-order valence-corrected chi connectivity index (χ1v) is 6.73. The van der Waals surface area contributed by atoms with Crippen LogP contribution in [-0.4, -0.2) is 18.0 Å². The molecule has 0 spiro atoms. The van der Waals surface area contributed by atoms with Gasteiger partial charge in [0.2, 0.25) is 0 Å². The highest BCUT2D eigenvalue weighted by molar-refractivity contribution is 5.00. The van der Waals surface area contributed by atoms with Gasteiger partial charge in [-0.1, -0.05) is 39.7 Å². The van der Waals surface area contributed by atoms with Crippen LogP contribution in [0.25, 0.3) is 0 Å². The van der Waals surface area contributed by atoms with Crippen molar-refractivity contribution in [3.05, 3.63) is 12.3 Å². The number of hydrogen-bond donors (Lipinski definition) is 0. The lowest BCUT2D eigenvalue weighted by Crippen LogP contribution is -2.27. The number of hydrogen-bond acceptors (Lipinski definition) is 1. The molecule has 1 rings (SSSR count). The van der Waals surface area contributed by atoms with E-state index in [9.17, 15) is 0 Å². The van der Waals surface area contributed by atoms with Gasteiger partial charge in [-0.15, -0.1) is 0 Å². The molecule has 0 aromatic heterocycles. The fourth-order valence-electron chi connectivity index (χ4n) is 2.32. The van der Waals surface area contributed by atoms with Crippen molar-refractivity contribution in [1.29, 1.82) is 0 Å². The van der Waals surface area contributed by atoms with Crippen molar-refractivity contribution in [3.63, 3.8) is 0 Å². The van der Waals surface area contributed by atoms with Crippen LogP contribution in [-0.2, 0) is 0 Å². The Balaban J connectivity index is 0.000000921. The van der Waals surface area contributed by atoms with Crippen molar-refractivity contribution in [2.24, 2.45) is 5.92 Å². The lowest BCUT2D eigenvalue weighted by atomic mass is 9.87. The van der Waals surface area contributed by atoms with Crippen molar-refractivity contribution in [2.75, 3.05) is 13.1 Å². The van der Waals surface area contributed by atoms with Crippen LogP contribution >= 0.6 is 0 Å². The second-order valence-electron chi connectivity index (χ2n) is 4.00. The van der Waals surface area contributed by atoms with Crippen LogP contribution < -0.4 is 0 Å². The summed E-state index contributed by atoms with van der Waals surface area (Å²) in [6.45, 7) is 14.9. The van der Waals surface area contributed by atoms with Crippen LogP contribution in [0, 0.1) is 5.92 Å². The van der Waals surface area contributed by atoms with Gasteiger partial charge in [0.1, 0.15) is 0 Å². The van der Waals surface area contributed by atoms with Gasteiger partial charge in [0.05, 0.1) is 0 Å². The molecule has 0 heterocycles. The minimum absolute atomic E-state index is 0.786. The normalized spacial score (nSPS) is 16.5. The minimum Gasteiger partial charge on any atom is -0.376 e. The van der Waals surface area contributed by atoms with Crippen LogP contribution in [0.2, 0.25) is 0 Å². The van der Waals surface area contributed by atoms with Gasteiger partial charge >= 0.3 is 0 Å². The summed E-state index contributed by atoms with van der Waals surface area (Å²) < 4.78 is 0. The van der Waals surface area contributed by atoms with Crippen molar-refractivity contribution < 1.29 is 0 Å². The molecule has 1 aliphatic carbocycles. The molecule has 0 aromatic carbocycles. The molecule has 0 bridgehead atoms. The second-order valence-corrected chi connectivity index (χ2v) is 4.00. The molecule has 0 unspecified atom stereocenters. The third kappa shape index (κ3) is 4.72. The Morgan fingerprint density at radius 3 is 1.93 bits per heavy atom. The lowest BCUT2D eigenvalue weighted by Gasteiger charge is -2.32. The van der Waals surface area contributed by atoms with Crippen LogP contribution in [0.3, 0.4) is 0 Å². The molecule has 1 nitrogen and oxygen atoms in total. The molecule has 0 aromatic rings. The van der Waals surface area contributed by atoms with Gasteiger partial charge in [-0.3, -0.25) is 0 Å². The maximum Gasteiger partial charge on any atom is 0.0146 e. The Kier molecular flexibility index (Phi) is 8.55. The number of allylic oxidation sites excluding steroid dienone is 1. The summed E-state index contributed by atoms with van der Waals surface area (Å²) in [4.78, 5) is 2.41. The van der Waals surface area contributed by atoms with Crippen LogP contribution in [0.5, 0.6) is 0 Å². The first-order valence-electron chi connectivity index (χ1n) is 6.73. The van der Waals surface area contributed by atoms with Crippen molar-refractivity contribution in [2.45, 2.75) is 59.8 Å². The van der Waals surface area contributed by atoms with E-state index in [4.69, 9.17) is 0 Å². The zero-order valence-corrected chi connectivity index (χ0v) is 11.2. The highest BCUT2D eigenvalue weighted by atomic mass is 15.1. The smallest absolute Gasteiger partial charge is 0.0146 e. The third-order valence-electron chi connectivity index (χ3n) is 3.25. The summed E-state index contributed by atoms with van der Waals surface area (Å²) in [5.74, 6) is 0.786. The van der Waals surface area contributed by atoms with Gasteiger partial charge in [0.15, 0.2) is 0 Å². The maximum absolute atomic E-state index is 4.25. The molecule has 15 heavy (non-hydrogen) atoms.